The van der Waals surface area contributed by atoms with Crippen LogP contribution in [0.5, 0.6) is 0 Å². The largest absolute Gasteiger partial charge is 0.346 e. The van der Waals surface area contributed by atoms with Gasteiger partial charge in [-0.05, 0) is 30.3 Å². The molecule has 2 aromatic heterocycles. The fraction of sp³-hybridized carbons (Fsp3) is 0.0556. The minimum absolute atomic E-state index is 0.108. The fourth-order valence-corrected chi connectivity index (χ4v) is 2.95. The van der Waals surface area contributed by atoms with Crippen LogP contribution in [0.1, 0.15) is 21.1 Å². The van der Waals surface area contributed by atoms with Crippen molar-refractivity contribution in [2.75, 3.05) is 11.9 Å². The number of amides is 2. The Kier molecular flexibility index (Phi) is 5.25. The van der Waals surface area contributed by atoms with Gasteiger partial charge in [-0.15, -0.1) is 6.58 Å². The molecule has 0 aliphatic carbocycles. The first-order valence-corrected chi connectivity index (χ1v) is 8.39. The molecule has 3 rings (SSSR count). The third-order valence-corrected chi connectivity index (χ3v) is 3.93. The van der Waals surface area contributed by atoms with Crippen LogP contribution in [0.15, 0.2) is 55.3 Å². The zero-order valence-electron chi connectivity index (χ0n) is 13.5. The predicted octanol–water partition coefficient (Wildman–Crippen LogP) is 3.81. The smallest absolute Gasteiger partial charge is 0.287 e. The summed E-state index contributed by atoms with van der Waals surface area (Å²) in [4.78, 5) is 29.2. The zero-order valence-corrected chi connectivity index (χ0v) is 15.0. The van der Waals surface area contributed by atoms with Crippen LogP contribution in [-0.4, -0.2) is 27.7 Å². The highest BCUT2D eigenvalue weighted by Crippen LogP contribution is 2.23. The molecule has 2 N–H and O–H groups in total. The molecule has 0 aliphatic heterocycles. The number of rotatable bonds is 5. The molecule has 0 bridgehead atoms. The molecule has 0 saturated carbocycles. The van der Waals surface area contributed by atoms with Gasteiger partial charge >= 0.3 is 0 Å². The van der Waals surface area contributed by atoms with E-state index in [-0.39, 0.29) is 11.5 Å². The third kappa shape index (κ3) is 3.71. The molecule has 0 fully saturated rings. The van der Waals surface area contributed by atoms with E-state index < -0.39 is 11.8 Å². The van der Waals surface area contributed by atoms with E-state index in [0.29, 0.717) is 27.8 Å². The van der Waals surface area contributed by atoms with E-state index in [0.717, 1.165) is 0 Å². The summed E-state index contributed by atoms with van der Waals surface area (Å²) in [5.74, 6) is -0.775. The summed E-state index contributed by atoms with van der Waals surface area (Å²) in [7, 11) is 0. The van der Waals surface area contributed by atoms with E-state index in [1.54, 1.807) is 53.1 Å². The number of carbonyl (C=O) groups excluding carboxylic acids is 2. The van der Waals surface area contributed by atoms with Crippen LogP contribution in [-0.2, 0) is 0 Å². The molecule has 0 spiro atoms. The first-order valence-electron chi connectivity index (χ1n) is 7.63. The molecule has 0 saturated heterocycles. The number of imidazole rings is 1. The molecule has 6 nitrogen and oxygen atoms in total. The van der Waals surface area contributed by atoms with Crippen LogP contribution in [0.3, 0.4) is 0 Å². The normalized spacial score (nSPS) is 10.5. The number of hydrogen-bond acceptors (Lipinski definition) is 3. The number of halogens is 2. The van der Waals surface area contributed by atoms with Gasteiger partial charge in [0.05, 0.1) is 5.52 Å². The molecule has 132 valence electrons. The highest BCUT2D eigenvalue weighted by molar-refractivity contribution is 6.35. The maximum absolute atomic E-state index is 12.7. The number of pyridine rings is 1. The van der Waals surface area contributed by atoms with E-state index in [9.17, 15) is 9.59 Å². The summed E-state index contributed by atoms with van der Waals surface area (Å²) in [6.45, 7) is 3.85. The quantitative estimate of drug-likeness (QED) is 0.652. The topological polar surface area (TPSA) is 75.5 Å². The van der Waals surface area contributed by atoms with Crippen LogP contribution in [0, 0.1) is 0 Å². The van der Waals surface area contributed by atoms with Crippen LogP contribution < -0.4 is 10.6 Å². The molecule has 1 aromatic carbocycles. The molecular formula is C18H14Cl2N4O2. The molecule has 8 heteroatoms. The van der Waals surface area contributed by atoms with E-state index in [1.807, 2.05) is 0 Å². The van der Waals surface area contributed by atoms with Gasteiger partial charge in [-0.25, -0.2) is 4.98 Å². The summed E-state index contributed by atoms with van der Waals surface area (Å²) in [5, 5.41) is 6.14. The zero-order chi connectivity index (χ0) is 18.7. The Hall–Kier alpha value is -2.83. The van der Waals surface area contributed by atoms with Crippen molar-refractivity contribution in [3.8, 4) is 0 Å². The maximum Gasteiger partial charge on any atom is 0.287 e. The minimum Gasteiger partial charge on any atom is -0.346 e. The molecular weight excluding hydrogens is 375 g/mol. The van der Waals surface area contributed by atoms with Gasteiger partial charge in [0.25, 0.3) is 11.8 Å². The highest BCUT2D eigenvalue weighted by atomic mass is 35.5. The van der Waals surface area contributed by atoms with Crippen molar-refractivity contribution in [1.82, 2.24) is 14.7 Å². The van der Waals surface area contributed by atoms with E-state index in [4.69, 9.17) is 23.2 Å². The number of carbonyl (C=O) groups is 2. The maximum atomic E-state index is 12.7. The lowest BCUT2D eigenvalue weighted by Crippen LogP contribution is -2.25. The summed E-state index contributed by atoms with van der Waals surface area (Å²) in [6.07, 6.45) is 3.22. The van der Waals surface area contributed by atoms with Crippen LogP contribution in [0.2, 0.25) is 10.0 Å². The SMILES string of the molecule is C=CCNC(=O)c1nc(C(=O)Nc2cc(Cl)cc(Cl)c2)c2ccccn12. The van der Waals surface area contributed by atoms with Gasteiger partial charge in [-0.1, -0.05) is 35.3 Å². The van der Waals surface area contributed by atoms with Crippen molar-refractivity contribution in [2.45, 2.75) is 0 Å². The van der Waals surface area contributed by atoms with Crippen molar-refractivity contribution in [3.63, 3.8) is 0 Å². The summed E-state index contributed by atoms with van der Waals surface area (Å²) in [5.41, 5.74) is 1.05. The molecule has 0 unspecified atom stereocenters. The highest BCUT2D eigenvalue weighted by Gasteiger charge is 2.21. The number of aromatic nitrogens is 2. The molecule has 3 aromatic rings. The van der Waals surface area contributed by atoms with Gasteiger partial charge < -0.3 is 10.6 Å². The van der Waals surface area contributed by atoms with Crippen molar-refractivity contribution in [3.05, 3.63) is 76.8 Å². The second-order valence-corrected chi connectivity index (χ2v) is 6.22. The molecule has 0 aliphatic rings. The monoisotopic (exact) mass is 388 g/mol. The Morgan fingerprint density at radius 1 is 1.15 bits per heavy atom. The minimum atomic E-state index is -0.477. The Morgan fingerprint density at radius 3 is 2.58 bits per heavy atom. The lowest BCUT2D eigenvalue weighted by molar-refractivity contribution is 0.0947. The van der Waals surface area contributed by atoms with Crippen LogP contribution in [0.4, 0.5) is 5.69 Å². The molecule has 26 heavy (non-hydrogen) atoms. The average Bonchev–Trinajstić information content (AvgIpc) is 2.98. The fourth-order valence-electron chi connectivity index (χ4n) is 2.43. The first kappa shape index (κ1) is 18.0. The first-order chi connectivity index (χ1) is 12.5. The van der Waals surface area contributed by atoms with Gasteiger partial charge in [0.1, 0.15) is 0 Å². The van der Waals surface area contributed by atoms with Gasteiger partial charge in [0, 0.05) is 28.5 Å². The number of benzene rings is 1. The molecule has 2 heterocycles. The number of nitrogens with zero attached hydrogens (tertiary/aromatic N) is 2. The second-order valence-electron chi connectivity index (χ2n) is 5.35. The summed E-state index contributed by atoms with van der Waals surface area (Å²) >= 11 is 11.9. The lowest BCUT2D eigenvalue weighted by atomic mass is 10.3. The Morgan fingerprint density at radius 2 is 1.88 bits per heavy atom. The van der Waals surface area contributed by atoms with Gasteiger partial charge in [0.15, 0.2) is 5.69 Å². The Bertz CT molecular complexity index is 993. The number of hydrogen-bond donors (Lipinski definition) is 2. The molecule has 0 atom stereocenters. The van der Waals surface area contributed by atoms with E-state index in [2.05, 4.69) is 22.2 Å². The summed E-state index contributed by atoms with van der Waals surface area (Å²) < 4.78 is 1.55. The van der Waals surface area contributed by atoms with Crippen molar-refractivity contribution >= 4 is 46.2 Å². The number of anilines is 1. The van der Waals surface area contributed by atoms with Crippen LogP contribution in [0.25, 0.3) is 5.52 Å². The number of fused-ring (bicyclic) bond motifs is 1. The van der Waals surface area contributed by atoms with E-state index >= 15 is 0 Å². The lowest BCUT2D eigenvalue weighted by Gasteiger charge is -2.05. The van der Waals surface area contributed by atoms with Crippen molar-refractivity contribution in [2.24, 2.45) is 0 Å². The Labute approximate surface area is 159 Å². The number of nitrogens with one attached hydrogen (secondary N) is 2. The average molecular weight is 389 g/mol. The van der Waals surface area contributed by atoms with Gasteiger partial charge in [-0.2, -0.15) is 0 Å². The Balaban J connectivity index is 1.97. The van der Waals surface area contributed by atoms with E-state index in [1.165, 1.54) is 0 Å². The van der Waals surface area contributed by atoms with Crippen molar-refractivity contribution < 1.29 is 9.59 Å². The van der Waals surface area contributed by atoms with Crippen LogP contribution >= 0.6 is 23.2 Å². The van der Waals surface area contributed by atoms with Gasteiger partial charge in [-0.3, -0.25) is 14.0 Å². The van der Waals surface area contributed by atoms with Crippen molar-refractivity contribution in [1.29, 1.82) is 0 Å². The molecule has 0 radical (unpaired) electrons. The standard InChI is InChI=1S/C18H14Cl2N4O2/c1-2-6-21-18(26)16-23-15(14-5-3-4-7-24(14)16)17(25)22-13-9-11(19)8-12(20)10-13/h2-5,7-10H,1,6H2,(H,21,26)(H,22,25). The molecule has 2 amide bonds. The van der Waals surface area contributed by atoms with Gasteiger partial charge in [0.2, 0.25) is 5.82 Å². The third-order valence-electron chi connectivity index (χ3n) is 3.49. The summed E-state index contributed by atoms with van der Waals surface area (Å²) in [6, 6.07) is 9.92. The predicted molar refractivity (Wildman–Crippen MR) is 102 cm³/mol. The second kappa shape index (κ2) is 7.59.